The van der Waals surface area contributed by atoms with E-state index in [9.17, 15) is 21.6 Å². The first-order valence-corrected chi connectivity index (χ1v) is 11.6. The second-order valence-corrected chi connectivity index (χ2v) is 9.26. The number of alkyl halides is 2. The van der Waals surface area contributed by atoms with E-state index in [2.05, 4.69) is 10.1 Å². The van der Waals surface area contributed by atoms with Gasteiger partial charge in [0.25, 0.3) is 0 Å². The Labute approximate surface area is 188 Å². The van der Waals surface area contributed by atoms with Crippen LogP contribution in [0.15, 0.2) is 68.9 Å². The van der Waals surface area contributed by atoms with Gasteiger partial charge in [-0.1, -0.05) is 10.7 Å². The molecule has 174 valence electrons. The first-order chi connectivity index (χ1) is 15.7. The molecule has 2 aromatic carbocycles. The first-order valence-electron chi connectivity index (χ1n) is 10.0. The summed E-state index contributed by atoms with van der Waals surface area (Å²) in [6.45, 7) is 0.654. The summed E-state index contributed by atoms with van der Waals surface area (Å²) in [4.78, 5) is 5.60. The summed E-state index contributed by atoms with van der Waals surface area (Å²) in [7, 11) is -2.13. The monoisotopic (exact) mass is 479 g/mol. The molecule has 1 saturated heterocycles. The zero-order valence-electron chi connectivity index (χ0n) is 17.5. The lowest BCUT2D eigenvalue weighted by atomic mass is 10.1. The van der Waals surface area contributed by atoms with E-state index in [4.69, 9.17) is 9.26 Å². The van der Waals surface area contributed by atoms with Gasteiger partial charge in [-0.05, 0) is 61.4 Å². The van der Waals surface area contributed by atoms with Crippen molar-refractivity contribution < 1.29 is 30.8 Å². The number of piperidine rings is 1. The fourth-order valence-electron chi connectivity index (χ4n) is 3.42. The molecule has 0 bridgehead atoms. The van der Waals surface area contributed by atoms with Crippen LogP contribution in [0, 0.1) is 5.82 Å². The van der Waals surface area contributed by atoms with E-state index in [0.29, 0.717) is 37.3 Å². The Morgan fingerprint density at radius 1 is 1.06 bits per heavy atom. The van der Waals surface area contributed by atoms with Gasteiger partial charge in [0.2, 0.25) is 5.82 Å². The van der Waals surface area contributed by atoms with Crippen LogP contribution in [-0.2, 0) is 15.8 Å². The molecule has 1 aromatic heterocycles. The standard InChI is InChI=1S/C22H20F3N3O4S/c1-31-18-6-8-19(9-7-18)33(29,30)14-15-10-12-28(13-11-15)21-26-20(27-32-21)22(24,25)16-2-4-17(23)5-3-16/h2-9,14H,10-13H2,1H3. The topological polar surface area (TPSA) is 85.5 Å². The van der Waals surface area contributed by atoms with Crippen LogP contribution in [0.1, 0.15) is 24.2 Å². The average molecular weight is 479 g/mol. The summed E-state index contributed by atoms with van der Waals surface area (Å²) < 4.78 is 77.7. The molecule has 2 heterocycles. The van der Waals surface area contributed by atoms with E-state index in [1.54, 1.807) is 17.0 Å². The number of sulfone groups is 1. The highest BCUT2D eigenvalue weighted by Crippen LogP contribution is 2.35. The number of aromatic nitrogens is 2. The summed E-state index contributed by atoms with van der Waals surface area (Å²) in [6, 6.07) is 9.81. The molecule has 0 amide bonds. The van der Waals surface area contributed by atoms with Gasteiger partial charge < -0.3 is 14.2 Å². The maximum Gasteiger partial charge on any atom is 0.335 e. The van der Waals surface area contributed by atoms with E-state index in [1.807, 2.05) is 0 Å². The van der Waals surface area contributed by atoms with E-state index >= 15 is 0 Å². The maximum absolute atomic E-state index is 14.6. The Hall–Kier alpha value is -3.34. The van der Waals surface area contributed by atoms with E-state index in [0.717, 1.165) is 24.3 Å². The lowest BCUT2D eigenvalue weighted by Gasteiger charge is -2.26. The SMILES string of the molecule is COc1ccc(S(=O)(=O)C=C2CCN(c3nc(C(F)(F)c4ccc(F)cc4)no3)CC2)cc1. The van der Waals surface area contributed by atoms with E-state index in [1.165, 1.54) is 24.7 Å². The van der Waals surface area contributed by atoms with Crippen LogP contribution < -0.4 is 9.64 Å². The van der Waals surface area contributed by atoms with Gasteiger partial charge in [0.05, 0.1) is 12.0 Å². The minimum Gasteiger partial charge on any atom is -0.497 e. The third kappa shape index (κ3) is 4.87. The largest absolute Gasteiger partial charge is 0.497 e. The van der Waals surface area contributed by atoms with Crippen molar-refractivity contribution in [1.82, 2.24) is 10.1 Å². The van der Waals surface area contributed by atoms with Crippen molar-refractivity contribution in [3.8, 4) is 5.75 Å². The average Bonchev–Trinajstić information content (AvgIpc) is 3.31. The van der Waals surface area contributed by atoms with Gasteiger partial charge in [-0.25, -0.2) is 12.8 Å². The molecule has 0 saturated carbocycles. The molecule has 0 atom stereocenters. The zero-order valence-corrected chi connectivity index (χ0v) is 18.4. The number of anilines is 1. The Bertz CT molecular complexity index is 1250. The number of methoxy groups -OCH3 is 1. The molecule has 7 nitrogen and oxygen atoms in total. The number of rotatable bonds is 6. The third-order valence-electron chi connectivity index (χ3n) is 5.29. The van der Waals surface area contributed by atoms with Crippen molar-refractivity contribution in [3.63, 3.8) is 0 Å². The van der Waals surface area contributed by atoms with Crippen molar-refractivity contribution in [2.75, 3.05) is 25.1 Å². The second kappa shape index (κ2) is 8.89. The number of halogens is 3. The van der Waals surface area contributed by atoms with Gasteiger partial charge in [-0.2, -0.15) is 13.8 Å². The lowest BCUT2D eigenvalue weighted by molar-refractivity contribution is 0.0304. The highest BCUT2D eigenvalue weighted by atomic mass is 32.2. The van der Waals surface area contributed by atoms with Crippen LogP contribution in [0.4, 0.5) is 19.2 Å². The number of hydrogen-bond acceptors (Lipinski definition) is 7. The fraction of sp³-hybridized carbons (Fsp3) is 0.273. The Balaban J connectivity index is 1.44. The Morgan fingerprint density at radius 3 is 2.30 bits per heavy atom. The quantitative estimate of drug-likeness (QED) is 0.521. The van der Waals surface area contributed by atoms with Crippen LogP contribution in [0.3, 0.4) is 0 Å². The molecule has 1 aliphatic rings. The Morgan fingerprint density at radius 2 is 1.70 bits per heavy atom. The second-order valence-electron chi connectivity index (χ2n) is 7.47. The molecule has 0 radical (unpaired) electrons. The molecule has 0 unspecified atom stereocenters. The van der Waals surface area contributed by atoms with E-state index in [-0.39, 0.29) is 10.9 Å². The number of hydrogen-bond donors (Lipinski definition) is 0. The normalized spacial score (nSPS) is 14.9. The molecule has 0 N–H and O–H groups in total. The molecule has 33 heavy (non-hydrogen) atoms. The molecule has 1 aliphatic heterocycles. The first kappa shape index (κ1) is 22.8. The fourth-order valence-corrected chi connectivity index (χ4v) is 4.74. The molecule has 0 aliphatic carbocycles. The lowest BCUT2D eigenvalue weighted by Crippen LogP contribution is -2.31. The summed E-state index contributed by atoms with van der Waals surface area (Å²) in [5, 5.41) is 4.65. The summed E-state index contributed by atoms with van der Waals surface area (Å²) in [6.07, 6.45) is 0.781. The van der Waals surface area contributed by atoms with Gasteiger partial charge in [0.15, 0.2) is 9.84 Å². The minimum atomic E-state index is -3.63. The highest BCUT2D eigenvalue weighted by molar-refractivity contribution is 7.94. The van der Waals surface area contributed by atoms with Crippen molar-refractivity contribution in [3.05, 3.63) is 76.7 Å². The minimum absolute atomic E-state index is 0.0798. The van der Waals surface area contributed by atoms with Gasteiger partial charge in [0.1, 0.15) is 11.6 Å². The predicted octanol–water partition coefficient (Wildman–Crippen LogP) is 4.32. The molecular weight excluding hydrogens is 459 g/mol. The molecular formula is C22H20F3N3O4S. The van der Waals surface area contributed by atoms with E-state index < -0.39 is 33.0 Å². The number of ether oxygens (including phenoxy) is 1. The molecule has 4 rings (SSSR count). The van der Waals surface area contributed by atoms with Crippen LogP contribution in [0.25, 0.3) is 0 Å². The summed E-state index contributed by atoms with van der Waals surface area (Å²) >= 11 is 0. The van der Waals surface area contributed by atoms with Gasteiger partial charge in [-0.15, -0.1) is 0 Å². The highest BCUT2D eigenvalue weighted by Gasteiger charge is 2.40. The van der Waals surface area contributed by atoms with Crippen molar-refractivity contribution in [2.45, 2.75) is 23.7 Å². The number of nitrogens with zero attached hydrogens (tertiary/aromatic N) is 3. The molecule has 11 heteroatoms. The van der Waals surface area contributed by atoms with Crippen LogP contribution in [-0.4, -0.2) is 38.8 Å². The molecule has 3 aromatic rings. The van der Waals surface area contributed by atoms with Crippen molar-refractivity contribution in [2.24, 2.45) is 0 Å². The smallest absolute Gasteiger partial charge is 0.335 e. The third-order valence-corrected chi connectivity index (χ3v) is 6.86. The summed E-state index contributed by atoms with van der Waals surface area (Å²) in [5.74, 6) is -4.45. The molecule has 0 spiro atoms. The van der Waals surface area contributed by atoms with Crippen LogP contribution >= 0.6 is 0 Å². The van der Waals surface area contributed by atoms with Crippen molar-refractivity contribution >= 4 is 15.9 Å². The molecule has 1 fully saturated rings. The Kier molecular flexibility index (Phi) is 6.15. The predicted molar refractivity (Wildman–Crippen MR) is 113 cm³/mol. The van der Waals surface area contributed by atoms with Gasteiger partial charge in [-0.3, -0.25) is 0 Å². The van der Waals surface area contributed by atoms with Gasteiger partial charge in [0, 0.05) is 24.1 Å². The zero-order chi connectivity index (χ0) is 23.6. The van der Waals surface area contributed by atoms with Crippen molar-refractivity contribution in [1.29, 1.82) is 0 Å². The maximum atomic E-state index is 14.6. The van der Waals surface area contributed by atoms with Crippen LogP contribution in [0.5, 0.6) is 5.75 Å². The van der Waals surface area contributed by atoms with Gasteiger partial charge >= 0.3 is 11.9 Å². The number of benzene rings is 2. The summed E-state index contributed by atoms with van der Waals surface area (Å²) in [5.41, 5.74) is 0.252. The van der Waals surface area contributed by atoms with Crippen LogP contribution in [0.2, 0.25) is 0 Å².